The molecule has 0 radical (unpaired) electrons. The fraction of sp³-hybridized carbons (Fsp3) is 0.400. The second kappa shape index (κ2) is 9.26. The highest BCUT2D eigenvalue weighted by atomic mass is 32.1. The summed E-state index contributed by atoms with van der Waals surface area (Å²) in [5, 5.41) is 13.0. The Morgan fingerprint density at radius 3 is 2.60 bits per heavy atom. The first-order valence-corrected chi connectivity index (χ1v) is 9.63. The normalized spacial score (nSPS) is 18.1. The summed E-state index contributed by atoms with van der Waals surface area (Å²) < 4.78 is 40.4. The summed E-state index contributed by atoms with van der Waals surface area (Å²) in [6.45, 7) is 5.56. The summed E-state index contributed by atoms with van der Waals surface area (Å²) in [4.78, 5) is 16.1. The number of thiocarbonyl (C=S) groups is 1. The van der Waals surface area contributed by atoms with E-state index in [1.54, 1.807) is 13.0 Å². The molecule has 0 saturated heterocycles. The van der Waals surface area contributed by atoms with Crippen LogP contribution in [0.5, 0.6) is 0 Å². The molecule has 0 heterocycles. The van der Waals surface area contributed by atoms with Gasteiger partial charge in [0.2, 0.25) is 0 Å². The Morgan fingerprint density at radius 1 is 1.47 bits per heavy atom. The van der Waals surface area contributed by atoms with Crippen LogP contribution >= 0.6 is 12.2 Å². The summed E-state index contributed by atoms with van der Waals surface area (Å²) in [6.07, 6.45) is 1.99. The average molecular weight is 437 g/mol. The molecule has 1 N–H and O–H groups in total. The van der Waals surface area contributed by atoms with Crippen LogP contribution in [0.2, 0.25) is 0 Å². The lowest BCUT2D eigenvalue weighted by Crippen LogP contribution is -2.62. The minimum absolute atomic E-state index is 0.0401. The van der Waals surface area contributed by atoms with Crippen LogP contribution in [-0.2, 0) is 4.79 Å². The second-order valence-electron chi connectivity index (χ2n) is 6.85. The summed E-state index contributed by atoms with van der Waals surface area (Å²) in [7, 11) is 1.41. The molecule has 0 bridgehead atoms. The zero-order chi connectivity index (χ0) is 22.5. The summed E-state index contributed by atoms with van der Waals surface area (Å²) in [5.74, 6) is -0.131. The number of allylic oxidation sites excluding steroid dienone is 5. The molecule has 1 fully saturated rings. The maximum Gasteiger partial charge on any atom is 0.417 e. The highest BCUT2D eigenvalue weighted by Crippen LogP contribution is 2.41. The number of amides is 1. The van der Waals surface area contributed by atoms with E-state index >= 15 is 0 Å². The molecular formula is C20H22F3N5OS. The molecule has 30 heavy (non-hydrogen) atoms. The van der Waals surface area contributed by atoms with Crippen LogP contribution in [0.3, 0.4) is 0 Å². The molecule has 0 atom stereocenters. The van der Waals surface area contributed by atoms with Gasteiger partial charge in [0, 0.05) is 31.0 Å². The number of nitrogens with zero attached hydrogens (tertiary/aromatic N) is 4. The fourth-order valence-corrected chi connectivity index (χ4v) is 3.70. The third-order valence-corrected chi connectivity index (χ3v) is 5.33. The zero-order valence-electron chi connectivity index (χ0n) is 16.7. The maximum atomic E-state index is 13.5. The van der Waals surface area contributed by atoms with E-state index in [1.165, 1.54) is 40.7 Å². The monoisotopic (exact) mass is 437 g/mol. The van der Waals surface area contributed by atoms with Crippen LogP contribution in [0.4, 0.5) is 13.2 Å². The molecule has 10 heteroatoms. The first kappa shape index (κ1) is 23.3. The van der Waals surface area contributed by atoms with E-state index in [1.807, 2.05) is 0 Å². The number of hydrogen-bond donors (Lipinski definition) is 1. The third kappa shape index (κ3) is 4.46. The van der Waals surface area contributed by atoms with Crippen LogP contribution in [0, 0.1) is 11.3 Å². The standard InChI is InChI=1S/C20H22F3N5OS/c1-4-25-26-14(2)28(13-30)19(9-6-10-19)18(29)27(3)16-8-5-7-15(12-24)17(11-16)20(21,22)23/h4-5,8,11,13,26H,2,6-7,9-10H2,1,3H3/b25-4+. The fourth-order valence-electron chi connectivity index (χ4n) is 3.37. The lowest BCUT2D eigenvalue weighted by Gasteiger charge is -2.49. The van der Waals surface area contributed by atoms with Gasteiger partial charge in [-0.05, 0) is 38.3 Å². The molecule has 1 saturated carbocycles. The first-order chi connectivity index (χ1) is 14.1. The second-order valence-corrected chi connectivity index (χ2v) is 7.06. The molecule has 2 rings (SSSR count). The van der Waals surface area contributed by atoms with Gasteiger partial charge in [-0.1, -0.05) is 24.9 Å². The van der Waals surface area contributed by atoms with Crippen molar-refractivity contribution in [1.29, 1.82) is 5.26 Å². The van der Waals surface area contributed by atoms with Crippen molar-refractivity contribution in [2.24, 2.45) is 5.10 Å². The van der Waals surface area contributed by atoms with Crippen LogP contribution in [0.15, 0.2) is 52.6 Å². The highest BCUT2D eigenvalue weighted by molar-refractivity contribution is 7.78. The average Bonchev–Trinajstić information content (AvgIpc) is 2.90. The number of hydrogen-bond acceptors (Lipinski definition) is 5. The van der Waals surface area contributed by atoms with Gasteiger partial charge in [-0.2, -0.15) is 23.5 Å². The predicted octanol–water partition coefficient (Wildman–Crippen LogP) is 3.92. The van der Waals surface area contributed by atoms with Crippen molar-refractivity contribution >= 4 is 29.8 Å². The molecule has 6 nitrogen and oxygen atoms in total. The minimum Gasteiger partial charge on any atom is -0.313 e. The highest BCUT2D eigenvalue weighted by Gasteiger charge is 2.51. The molecular weight excluding hydrogens is 415 g/mol. The van der Waals surface area contributed by atoms with E-state index in [0.29, 0.717) is 12.8 Å². The van der Waals surface area contributed by atoms with Crippen molar-refractivity contribution < 1.29 is 18.0 Å². The number of alkyl halides is 3. The number of rotatable bonds is 7. The molecule has 0 aliphatic heterocycles. The Labute approximate surface area is 178 Å². The Morgan fingerprint density at radius 2 is 2.13 bits per heavy atom. The van der Waals surface area contributed by atoms with Gasteiger partial charge in [0.1, 0.15) is 11.4 Å². The Hall–Kier alpha value is -2.93. The van der Waals surface area contributed by atoms with Gasteiger partial charge in [0.05, 0.1) is 17.1 Å². The Balaban J connectivity index is 2.42. The molecule has 2 aliphatic rings. The van der Waals surface area contributed by atoms with E-state index in [4.69, 9.17) is 17.5 Å². The van der Waals surface area contributed by atoms with Gasteiger partial charge in [-0.25, -0.2) is 0 Å². The predicted molar refractivity (Wildman–Crippen MR) is 112 cm³/mol. The minimum atomic E-state index is -4.71. The van der Waals surface area contributed by atoms with Crippen LogP contribution in [-0.4, -0.2) is 46.2 Å². The molecule has 160 valence electrons. The SMILES string of the molecule is C=C(N/N=C/C)N(C=S)C1(C(=O)N(C)C2=CC(C(F)(F)F)=C(C#N)CC=C2)CCC1. The van der Waals surface area contributed by atoms with Gasteiger partial charge in [-0.3, -0.25) is 10.2 Å². The Bertz CT molecular complexity index is 891. The van der Waals surface area contributed by atoms with Gasteiger partial charge < -0.3 is 9.80 Å². The van der Waals surface area contributed by atoms with E-state index < -0.39 is 28.8 Å². The maximum absolute atomic E-state index is 13.5. The van der Waals surface area contributed by atoms with E-state index in [2.05, 4.69) is 17.1 Å². The first-order valence-electron chi connectivity index (χ1n) is 9.16. The van der Waals surface area contributed by atoms with Crippen molar-refractivity contribution in [1.82, 2.24) is 15.2 Å². The van der Waals surface area contributed by atoms with Crippen molar-refractivity contribution in [3.05, 3.63) is 47.5 Å². The molecule has 0 aromatic carbocycles. The molecule has 0 unspecified atom stereocenters. The van der Waals surface area contributed by atoms with Crippen molar-refractivity contribution in [2.45, 2.75) is 44.3 Å². The number of likely N-dealkylation sites (N-methyl/N-ethyl adjacent to an activating group) is 1. The number of carbonyl (C=O) groups excluding carboxylic acids is 1. The van der Waals surface area contributed by atoms with Crippen LogP contribution in [0.1, 0.15) is 32.6 Å². The smallest absolute Gasteiger partial charge is 0.313 e. The molecule has 0 aromatic heterocycles. The van der Waals surface area contributed by atoms with Gasteiger partial charge in [0.15, 0.2) is 0 Å². The van der Waals surface area contributed by atoms with Crippen LogP contribution in [0.25, 0.3) is 0 Å². The van der Waals surface area contributed by atoms with Gasteiger partial charge in [0.25, 0.3) is 5.91 Å². The molecule has 1 amide bonds. The summed E-state index contributed by atoms with van der Waals surface area (Å²) in [6, 6.07) is 1.60. The lowest BCUT2D eigenvalue weighted by atomic mass is 9.74. The molecule has 2 aliphatic carbocycles. The largest absolute Gasteiger partial charge is 0.417 e. The lowest BCUT2D eigenvalue weighted by molar-refractivity contribution is -0.142. The van der Waals surface area contributed by atoms with Crippen LogP contribution < -0.4 is 5.43 Å². The number of hydrazone groups is 1. The third-order valence-electron chi connectivity index (χ3n) is 5.12. The van der Waals surface area contributed by atoms with Gasteiger partial charge >= 0.3 is 6.18 Å². The van der Waals surface area contributed by atoms with Crippen molar-refractivity contribution in [2.75, 3.05) is 7.05 Å². The number of nitrogens with one attached hydrogen (secondary N) is 1. The van der Waals surface area contributed by atoms with E-state index in [9.17, 15) is 18.0 Å². The summed E-state index contributed by atoms with van der Waals surface area (Å²) >= 11 is 5.09. The number of carbonyl (C=O) groups is 1. The topological polar surface area (TPSA) is 71.7 Å². The Kier molecular flexibility index (Phi) is 7.21. The van der Waals surface area contributed by atoms with Crippen molar-refractivity contribution in [3.63, 3.8) is 0 Å². The van der Waals surface area contributed by atoms with E-state index in [-0.39, 0.29) is 17.9 Å². The number of halogens is 3. The zero-order valence-corrected chi connectivity index (χ0v) is 17.5. The summed E-state index contributed by atoms with van der Waals surface area (Å²) in [5.41, 5.74) is 1.50. The quantitative estimate of drug-likeness (QED) is 0.371. The van der Waals surface area contributed by atoms with E-state index in [0.717, 1.165) is 12.5 Å². The van der Waals surface area contributed by atoms with Crippen molar-refractivity contribution in [3.8, 4) is 6.07 Å². The van der Waals surface area contributed by atoms with Gasteiger partial charge in [-0.15, -0.1) is 0 Å². The molecule has 0 aromatic rings. The number of nitriles is 1. The molecule has 0 spiro atoms.